The first-order chi connectivity index (χ1) is 61.7. The molecule has 125 heavy (non-hydrogen) atoms. The SMILES string of the molecule is C1=CC2=CC3=C4C(=CC=C5C=CC(c6ccc7c(c6)C(c6ccccc6)(c6ccccc6)c6ccccc6-7)=C(C=C3)C54)C2N=C1.C1=CC2=CC3=C4C(=CC=C5C=CC(c6ccc7c(c6)c6ccccc6n7-c6ccccc6)=C(C=C3)C54)C2N=C1.CC1(C)c2ccccc2-c2ccc(-c3ccc(C4=C5C=CC6=C7C(=CC=C(C=C4)C57)C4N=CC=CC4=C6)cc3)cc21. The fourth-order valence-electron chi connectivity index (χ4n) is 23.6. The summed E-state index contributed by atoms with van der Waals surface area (Å²) in [4.78, 5) is 14.6. The Kier molecular flexibility index (Phi) is 15.8. The first-order valence-electron chi connectivity index (χ1n) is 44.1. The molecule has 4 nitrogen and oxygen atoms in total. The average Bonchev–Trinajstić information content (AvgIpc) is 1.61. The van der Waals surface area contributed by atoms with Crippen molar-refractivity contribution in [2.24, 2.45) is 32.7 Å². The summed E-state index contributed by atoms with van der Waals surface area (Å²) in [6.45, 7) is 4.70. The van der Waals surface area contributed by atoms with Gasteiger partial charge in [-0.3, -0.25) is 15.0 Å². The first-order valence-corrected chi connectivity index (χ1v) is 44.1. The van der Waals surface area contributed by atoms with Crippen LogP contribution in [0.25, 0.3) is 77.6 Å². The van der Waals surface area contributed by atoms with Crippen LogP contribution in [0.1, 0.15) is 63.9 Å². The van der Waals surface area contributed by atoms with Crippen LogP contribution in [0.4, 0.5) is 0 Å². The third-order valence-corrected chi connectivity index (χ3v) is 29.1. The quantitative estimate of drug-likeness (QED) is 0.153. The van der Waals surface area contributed by atoms with Crippen molar-refractivity contribution >= 4 is 57.2 Å². The number of rotatable bonds is 7. The van der Waals surface area contributed by atoms with Gasteiger partial charge in [0.25, 0.3) is 0 Å². The minimum absolute atomic E-state index is 0.00886. The molecule has 0 amide bonds. The van der Waals surface area contributed by atoms with Crippen LogP contribution in [0.15, 0.2) is 522 Å². The van der Waals surface area contributed by atoms with E-state index in [2.05, 4.69) is 413 Å². The van der Waals surface area contributed by atoms with Crippen LogP contribution in [0, 0.1) is 17.8 Å². The number of dihydropyridines is 3. The van der Waals surface area contributed by atoms with E-state index in [4.69, 9.17) is 15.0 Å². The number of fused-ring (bicyclic) bond motifs is 15. The van der Waals surface area contributed by atoms with Gasteiger partial charge in [0.2, 0.25) is 0 Å². The number of para-hydroxylation sites is 2. The van der Waals surface area contributed by atoms with Crippen molar-refractivity contribution in [2.45, 2.75) is 42.8 Å². The van der Waals surface area contributed by atoms with Crippen LogP contribution in [-0.2, 0) is 10.8 Å². The Morgan fingerprint density at radius 3 is 1.22 bits per heavy atom. The van der Waals surface area contributed by atoms with Crippen LogP contribution in [0.2, 0.25) is 0 Å². The second-order valence-corrected chi connectivity index (χ2v) is 35.7. The van der Waals surface area contributed by atoms with Crippen molar-refractivity contribution in [3.63, 3.8) is 0 Å². The van der Waals surface area contributed by atoms with Gasteiger partial charge in [-0.2, -0.15) is 0 Å². The number of nitrogens with zero attached hydrogens (tertiary/aromatic N) is 4. The standard InChI is InChI=1S/C44H29N.C40H29N.C37H24N2/c1-3-11-32(12-4-1)44(33-13-5-2-6-14-33)39-16-8-7-15-35(39)36-22-19-29(27-40(36)44)34-21-17-28-18-24-38-42-30(20-23-37(34)41(28)42)26-31-10-9-25-45-43(31)38;1-40(2)35-8-4-3-7-31(35)32-18-15-27(23-36(32)40)24-9-11-25(12-10-24)30-17-13-26-14-20-34-38-28(16-19-33(30)37(26)38)22-29-6-5-21-41-39(29)34;1-2-8-27(9-3-1)39-33-11-5-4-10-29(33)32-22-24(15-19-34(32)39)28-16-12-23-13-18-31-36-25(14-17-30(28)35(23)36)21-26-7-6-20-38-37(26)31/h1-27,41,43H;3-23,37,39H,1-2H3;1-22,35,37H. The summed E-state index contributed by atoms with van der Waals surface area (Å²) >= 11 is 0. The summed E-state index contributed by atoms with van der Waals surface area (Å²) in [5.41, 5.74) is 51.4. The second-order valence-electron chi connectivity index (χ2n) is 35.7. The van der Waals surface area contributed by atoms with Gasteiger partial charge in [-0.15, -0.1) is 0 Å². The van der Waals surface area contributed by atoms with Gasteiger partial charge in [-0.25, -0.2) is 0 Å². The molecule has 0 N–H and O–H groups in total. The smallest absolute Gasteiger partial charge is 0.100 e. The van der Waals surface area contributed by atoms with Crippen molar-refractivity contribution in [3.05, 3.63) is 557 Å². The van der Waals surface area contributed by atoms with E-state index < -0.39 is 5.41 Å². The van der Waals surface area contributed by atoms with E-state index in [1.54, 1.807) is 0 Å². The molecular weight excluding hydrogens is 1510 g/mol. The Morgan fingerprint density at radius 2 is 0.680 bits per heavy atom. The molecule has 6 unspecified atom stereocenters. The first kappa shape index (κ1) is 71.5. The molecule has 0 bridgehead atoms. The third kappa shape index (κ3) is 10.7. The molecule has 10 aromatic carbocycles. The zero-order valence-corrected chi connectivity index (χ0v) is 69.2. The molecule has 1 aromatic heterocycles. The van der Waals surface area contributed by atoms with E-state index >= 15 is 0 Å². The highest BCUT2D eigenvalue weighted by Crippen LogP contribution is 2.60. The van der Waals surface area contributed by atoms with E-state index in [1.165, 1.54) is 228 Å². The van der Waals surface area contributed by atoms with E-state index in [0.29, 0.717) is 0 Å². The summed E-state index contributed by atoms with van der Waals surface area (Å²) in [5.74, 6) is 0.752. The van der Waals surface area contributed by atoms with Gasteiger partial charge in [0.15, 0.2) is 0 Å². The van der Waals surface area contributed by atoms with Gasteiger partial charge < -0.3 is 4.57 Å². The molecule has 3 aliphatic heterocycles. The summed E-state index contributed by atoms with van der Waals surface area (Å²) in [6.07, 6.45) is 67.4. The molecule has 4 heterocycles. The lowest BCUT2D eigenvalue weighted by molar-refractivity contribution is 0.660. The minimum atomic E-state index is -0.408. The highest BCUT2D eigenvalue weighted by atomic mass is 15.0. The molecule has 28 rings (SSSR count). The van der Waals surface area contributed by atoms with Gasteiger partial charge in [-0.05, 0) is 279 Å². The highest BCUT2D eigenvalue weighted by molar-refractivity contribution is 6.11. The van der Waals surface area contributed by atoms with E-state index in [1.807, 2.05) is 30.8 Å². The Bertz CT molecular complexity index is 7690. The minimum Gasteiger partial charge on any atom is -0.309 e. The van der Waals surface area contributed by atoms with Crippen molar-refractivity contribution in [3.8, 4) is 39.1 Å². The normalized spacial score (nSPS) is 22.6. The molecule has 6 atom stereocenters. The monoisotopic (exact) mass is 1590 g/mol. The molecule has 11 aromatic rings. The Balaban J connectivity index is 0.000000100. The predicted molar refractivity (Wildman–Crippen MR) is 518 cm³/mol. The largest absolute Gasteiger partial charge is 0.309 e. The molecule has 0 fully saturated rings. The van der Waals surface area contributed by atoms with Crippen LogP contribution in [0.5, 0.6) is 0 Å². The molecule has 17 aliphatic rings. The fourth-order valence-corrected chi connectivity index (χ4v) is 23.6. The van der Waals surface area contributed by atoms with E-state index in [9.17, 15) is 0 Å². The average molecular weight is 1590 g/mol. The van der Waals surface area contributed by atoms with Crippen molar-refractivity contribution < 1.29 is 0 Å². The number of benzene rings is 10. The molecule has 0 radical (unpaired) electrons. The zero-order chi connectivity index (χ0) is 82.3. The topological polar surface area (TPSA) is 42.0 Å². The van der Waals surface area contributed by atoms with Crippen LogP contribution in [-0.4, -0.2) is 41.3 Å². The second kappa shape index (κ2) is 27.6. The molecule has 586 valence electrons. The van der Waals surface area contributed by atoms with Crippen molar-refractivity contribution in [1.82, 2.24) is 4.57 Å². The number of aliphatic imine (C=N–C) groups is 3. The third-order valence-electron chi connectivity index (χ3n) is 29.1. The molecule has 0 saturated heterocycles. The van der Waals surface area contributed by atoms with Gasteiger partial charge >= 0.3 is 0 Å². The maximum atomic E-state index is 4.90. The van der Waals surface area contributed by atoms with Gasteiger partial charge in [-0.1, -0.05) is 342 Å². The number of hydrogen-bond acceptors (Lipinski definition) is 3. The van der Waals surface area contributed by atoms with E-state index in [0.717, 1.165) is 0 Å². The summed E-state index contributed by atoms with van der Waals surface area (Å²) in [5, 5.41) is 2.57. The predicted octanol–water partition coefficient (Wildman–Crippen LogP) is 27.4. The van der Waals surface area contributed by atoms with E-state index in [-0.39, 0.29) is 41.3 Å². The molecule has 0 spiro atoms. The summed E-state index contributed by atoms with van der Waals surface area (Å²) in [7, 11) is 0. The maximum absolute atomic E-state index is 4.90. The van der Waals surface area contributed by atoms with Gasteiger partial charge in [0.1, 0.15) is 18.1 Å². The summed E-state index contributed by atoms with van der Waals surface area (Å²) < 4.78 is 2.38. The maximum Gasteiger partial charge on any atom is 0.100 e. The molecule has 4 heteroatoms. The lowest BCUT2D eigenvalue weighted by Crippen LogP contribution is -2.29. The van der Waals surface area contributed by atoms with Crippen LogP contribution >= 0.6 is 0 Å². The number of hydrogen-bond donors (Lipinski definition) is 0. The fraction of sp³-hybridized carbons (Fsp3) is 0.0826. The van der Waals surface area contributed by atoms with Crippen molar-refractivity contribution in [1.29, 1.82) is 0 Å². The van der Waals surface area contributed by atoms with Crippen LogP contribution in [0.3, 0.4) is 0 Å². The Hall–Kier alpha value is -15.2. The Morgan fingerprint density at radius 1 is 0.280 bits per heavy atom. The molecule has 0 saturated carbocycles. The Labute approximate surface area is 728 Å². The molecular formula is C121H82N4. The van der Waals surface area contributed by atoms with Crippen molar-refractivity contribution in [2.75, 3.05) is 0 Å². The lowest BCUT2D eigenvalue weighted by atomic mass is 9.64. The number of aromatic nitrogens is 1. The molecule has 14 aliphatic carbocycles. The van der Waals surface area contributed by atoms with Gasteiger partial charge in [0.05, 0.1) is 16.4 Å². The number of allylic oxidation sites excluding steroid dienone is 36. The summed E-state index contributed by atoms with van der Waals surface area (Å²) in [6, 6.07) is 90.1. The lowest BCUT2D eigenvalue weighted by Gasteiger charge is -2.40. The van der Waals surface area contributed by atoms with Gasteiger partial charge in [0, 0.05) is 58.3 Å². The zero-order valence-electron chi connectivity index (χ0n) is 69.2. The highest BCUT2D eigenvalue weighted by Gasteiger charge is 2.48. The van der Waals surface area contributed by atoms with Crippen LogP contribution < -0.4 is 0 Å².